The van der Waals surface area contributed by atoms with Gasteiger partial charge in [0.25, 0.3) is 0 Å². The van der Waals surface area contributed by atoms with Crippen LogP contribution in [0, 0.1) is 0 Å². The number of esters is 1. The van der Waals surface area contributed by atoms with Crippen LogP contribution in [-0.4, -0.2) is 45.8 Å². The maximum atomic E-state index is 12.6. The summed E-state index contributed by atoms with van der Waals surface area (Å²) in [6.07, 6.45) is 1.22. The quantitative estimate of drug-likeness (QED) is 0.433. The largest absolute Gasteiger partial charge is 0.478 e. The molecule has 29 heavy (non-hydrogen) atoms. The van der Waals surface area contributed by atoms with Gasteiger partial charge in [-0.15, -0.1) is 0 Å². The molecule has 0 aliphatic carbocycles. The van der Waals surface area contributed by atoms with Gasteiger partial charge in [0, 0.05) is 5.56 Å². The van der Waals surface area contributed by atoms with Crippen molar-refractivity contribution in [2.45, 2.75) is 0 Å². The number of hydrogen-bond acceptors (Lipinski definition) is 5. The fourth-order valence-corrected chi connectivity index (χ4v) is 3.03. The van der Waals surface area contributed by atoms with E-state index in [2.05, 4.69) is 6.58 Å². The van der Waals surface area contributed by atoms with Gasteiger partial charge in [0.2, 0.25) is 0 Å². The molecule has 2 aromatic carbocycles. The topological polar surface area (TPSA) is 138 Å². The van der Waals surface area contributed by atoms with Crippen molar-refractivity contribution in [1.82, 2.24) is 0 Å². The van der Waals surface area contributed by atoms with E-state index in [0.29, 0.717) is 0 Å². The van der Waals surface area contributed by atoms with Gasteiger partial charge in [0.15, 0.2) is 0 Å². The van der Waals surface area contributed by atoms with Crippen LogP contribution in [0.2, 0.25) is 10.0 Å². The van der Waals surface area contributed by atoms with Crippen LogP contribution in [0.4, 0.5) is 0 Å². The van der Waals surface area contributed by atoms with E-state index in [1.807, 2.05) is 0 Å². The second kappa shape index (κ2) is 8.76. The van der Waals surface area contributed by atoms with Gasteiger partial charge in [0.1, 0.15) is 6.61 Å². The van der Waals surface area contributed by atoms with Gasteiger partial charge in [-0.1, -0.05) is 48.0 Å². The number of carboxylic acids is 3. The molecule has 10 heteroatoms. The van der Waals surface area contributed by atoms with Crippen molar-refractivity contribution in [2.75, 3.05) is 6.61 Å². The van der Waals surface area contributed by atoms with Crippen molar-refractivity contribution >= 4 is 47.1 Å². The molecule has 0 fully saturated rings. The maximum absolute atomic E-state index is 12.6. The van der Waals surface area contributed by atoms with E-state index in [1.54, 1.807) is 0 Å². The van der Waals surface area contributed by atoms with Crippen LogP contribution >= 0.6 is 23.2 Å². The van der Waals surface area contributed by atoms with Gasteiger partial charge in [-0.05, 0) is 17.7 Å². The fraction of sp³-hybridized carbons (Fsp3) is 0.0526. The van der Waals surface area contributed by atoms with Crippen LogP contribution < -0.4 is 0 Å². The Kier molecular flexibility index (Phi) is 6.63. The Bertz CT molecular complexity index is 1060. The van der Waals surface area contributed by atoms with Crippen LogP contribution in [0.3, 0.4) is 0 Å². The van der Waals surface area contributed by atoms with Gasteiger partial charge in [-0.2, -0.15) is 0 Å². The summed E-state index contributed by atoms with van der Waals surface area (Å²) in [6.45, 7) is 3.07. The average Bonchev–Trinajstić information content (AvgIpc) is 2.66. The molecule has 0 radical (unpaired) electrons. The maximum Gasteiger partial charge on any atom is 0.339 e. The summed E-state index contributed by atoms with van der Waals surface area (Å²) in [5.41, 5.74) is -3.87. The van der Waals surface area contributed by atoms with E-state index < -0.39 is 46.1 Å². The number of aromatic carboxylic acids is 3. The number of carbonyl (C=O) groups excluding carboxylic acids is 1. The standard InChI is InChI=1S/C19H12Cl2O8/c1-2-6-29-19(28)13-9(8-4-3-5-11(20)15(8)21)7-10(16(22)23)12(17(24)25)14(13)18(26)27/h2-5,7H,1,6H2,(H,22,23)(H,24,25)(H,26,27). The first-order chi connectivity index (χ1) is 13.6. The number of halogens is 2. The predicted octanol–water partition coefficient (Wildman–Crippen LogP) is 4.10. The van der Waals surface area contributed by atoms with E-state index in [9.17, 15) is 34.5 Å². The summed E-state index contributed by atoms with van der Waals surface area (Å²) < 4.78 is 4.90. The van der Waals surface area contributed by atoms with Crippen LogP contribution in [0.15, 0.2) is 36.9 Å². The molecule has 150 valence electrons. The molecular formula is C19H12Cl2O8. The Morgan fingerprint density at radius 2 is 1.55 bits per heavy atom. The molecular weight excluding hydrogens is 427 g/mol. The fourth-order valence-electron chi connectivity index (χ4n) is 2.63. The molecule has 0 saturated heterocycles. The van der Waals surface area contributed by atoms with E-state index in [0.717, 1.165) is 6.07 Å². The molecule has 0 saturated carbocycles. The Morgan fingerprint density at radius 1 is 0.931 bits per heavy atom. The van der Waals surface area contributed by atoms with Gasteiger partial charge in [-0.25, -0.2) is 19.2 Å². The van der Waals surface area contributed by atoms with Gasteiger partial charge >= 0.3 is 23.9 Å². The van der Waals surface area contributed by atoms with Gasteiger partial charge in [0.05, 0.1) is 32.3 Å². The second-order valence-corrected chi connectivity index (χ2v) is 6.29. The van der Waals surface area contributed by atoms with Gasteiger partial charge in [-0.3, -0.25) is 0 Å². The highest BCUT2D eigenvalue weighted by Gasteiger charge is 2.34. The summed E-state index contributed by atoms with van der Waals surface area (Å²) in [4.78, 5) is 47.8. The zero-order chi connectivity index (χ0) is 21.9. The highest BCUT2D eigenvalue weighted by atomic mass is 35.5. The normalized spacial score (nSPS) is 10.3. The zero-order valence-electron chi connectivity index (χ0n) is 14.4. The molecule has 8 nitrogen and oxygen atoms in total. The highest BCUT2D eigenvalue weighted by molar-refractivity contribution is 6.44. The van der Waals surface area contributed by atoms with E-state index in [1.165, 1.54) is 24.3 Å². The summed E-state index contributed by atoms with van der Waals surface area (Å²) >= 11 is 12.1. The third kappa shape index (κ3) is 4.23. The number of carbonyl (C=O) groups is 4. The summed E-state index contributed by atoms with van der Waals surface area (Å²) in [7, 11) is 0. The van der Waals surface area contributed by atoms with Gasteiger partial charge < -0.3 is 20.1 Å². The Morgan fingerprint density at radius 3 is 2.07 bits per heavy atom. The SMILES string of the molecule is C=CCOC(=O)c1c(-c2cccc(Cl)c2Cl)cc(C(=O)O)c(C(=O)O)c1C(=O)O. The molecule has 0 unspecified atom stereocenters. The van der Waals surface area contributed by atoms with Crippen molar-refractivity contribution in [3.63, 3.8) is 0 Å². The van der Waals surface area contributed by atoms with Crippen molar-refractivity contribution in [2.24, 2.45) is 0 Å². The summed E-state index contributed by atoms with van der Waals surface area (Å²) in [5.74, 6) is -6.60. The molecule has 2 rings (SSSR count). The van der Waals surface area contributed by atoms with Crippen molar-refractivity contribution in [3.05, 3.63) is 69.2 Å². The van der Waals surface area contributed by atoms with Crippen molar-refractivity contribution in [1.29, 1.82) is 0 Å². The van der Waals surface area contributed by atoms with Crippen LogP contribution in [-0.2, 0) is 4.74 Å². The number of rotatable bonds is 7. The third-order valence-electron chi connectivity index (χ3n) is 3.76. The number of benzene rings is 2. The molecule has 0 aliphatic rings. The molecule has 2 aromatic rings. The molecule has 3 N–H and O–H groups in total. The van der Waals surface area contributed by atoms with E-state index in [4.69, 9.17) is 27.9 Å². The monoisotopic (exact) mass is 438 g/mol. The first kappa shape index (κ1) is 21.9. The summed E-state index contributed by atoms with van der Waals surface area (Å²) in [5, 5.41) is 28.5. The number of carboxylic acid groups (broad SMARTS) is 3. The highest BCUT2D eigenvalue weighted by Crippen LogP contribution is 2.38. The molecule has 0 heterocycles. The number of hydrogen-bond donors (Lipinski definition) is 3. The molecule has 0 aliphatic heterocycles. The molecule has 0 aromatic heterocycles. The minimum Gasteiger partial charge on any atom is -0.478 e. The van der Waals surface area contributed by atoms with Crippen LogP contribution in [0.5, 0.6) is 0 Å². The zero-order valence-corrected chi connectivity index (χ0v) is 16.0. The Hall–Kier alpha value is -3.36. The van der Waals surface area contributed by atoms with Crippen LogP contribution in [0.25, 0.3) is 11.1 Å². The minimum atomic E-state index is -1.85. The molecule has 0 bridgehead atoms. The summed E-state index contributed by atoms with van der Waals surface area (Å²) in [6, 6.07) is 5.07. The van der Waals surface area contributed by atoms with E-state index in [-0.39, 0.29) is 27.8 Å². The second-order valence-electron chi connectivity index (χ2n) is 5.50. The lowest BCUT2D eigenvalue weighted by molar-refractivity contribution is 0.0534. The molecule has 0 amide bonds. The molecule has 0 spiro atoms. The third-order valence-corrected chi connectivity index (χ3v) is 4.58. The minimum absolute atomic E-state index is 0.0201. The van der Waals surface area contributed by atoms with E-state index >= 15 is 0 Å². The van der Waals surface area contributed by atoms with Crippen molar-refractivity contribution in [3.8, 4) is 11.1 Å². The van der Waals surface area contributed by atoms with Crippen LogP contribution in [0.1, 0.15) is 41.4 Å². The predicted molar refractivity (Wildman–Crippen MR) is 103 cm³/mol. The lowest BCUT2D eigenvalue weighted by Gasteiger charge is -2.17. The number of ether oxygens (including phenoxy) is 1. The lowest BCUT2D eigenvalue weighted by atomic mass is 9.88. The first-order valence-corrected chi connectivity index (χ1v) is 8.50. The first-order valence-electron chi connectivity index (χ1n) is 7.75. The lowest BCUT2D eigenvalue weighted by Crippen LogP contribution is -2.21. The Labute approximate surface area is 173 Å². The Balaban J connectivity index is 3.08. The smallest absolute Gasteiger partial charge is 0.339 e. The molecule has 0 atom stereocenters. The van der Waals surface area contributed by atoms with Crippen molar-refractivity contribution < 1.29 is 39.2 Å². The average molecular weight is 439 g/mol.